The van der Waals surface area contributed by atoms with Gasteiger partial charge in [0.05, 0.1) is 6.21 Å². The van der Waals surface area contributed by atoms with E-state index in [2.05, 4.69) is 35.0 Å². The molecule has 0 aliphatic rings. The number of aryl methyl sites for hydroxylation is 2. The second-order valence-corrected chi connectivity index (χ2v) is 8.95. The molecular weight excluding hydrogens is 468 g/mol. The van der Waals surface area contributed by atoms with Crippen LogP contribution in [0.5, 0.6) is 5.75 Å². The van der Waals surface area contributed by atoms with Crippen LogP contribution in [0, 0.1) is 13.8 Å². The van der Waals surface area contributed by atoms with Gasteiger partial charge in [0.1, 0.15) is 5.75 Å². The first-order chi connectivity index (χ1) is 17.7. The van der Waals surface area contributed by atoms with Crippen LogP contribution in [-0.2, 0) is 20.9 Å². The summed E-state index contributed by atoms with van der Waals surface area (Å²) < 4.78 is 5.60. The molecule has 0 saturated carbocycles. The van der Waals surface area contributed by atoms with Gasteiger partial charge in [-0.3, -0.25) is 14.4 Å². The lowest BCUT2D eigenvalue weighted by molar-refractivity contribution is -0.139. The van der Waals surface area contributed by atoms with E-state index >= 15 is 0 Å². The van der Waals surface area contributed by atoms with Crippen molar-refractivity contribution in [2.75, 3.05) is 11.9 Å². The predicted octanol–water partition coefficient (Wildman–Crippen LogP) is 4.21. The largest absolute Gasteiger partial charge is 0.484 e. The number of anilines is 1. The maximum absolute atomic E-state index is 12.3. The van der Waals surface area contributed by atoms with Crippen molar-refractivity contribution >= 4 is 29.6 Å². The summed E-state index contributed by atoms with van der Waals surface area (Å²) in [6.45, 7) is 8.16. The van der Waals surface area contributed by atoms with Gasteiger partial charge in [-0.2, -0.15) is 5.10 Å². The highest BCUT2D eigenvalue weighted by Gasteiger charge is 2.12. The maximum Gasteiger partial charge on any atom is 0.329 e. The third-order valence-electron chi connectivity index (χ3n) is 5.66. The van der Waals surface area contributed by atoms with Crippen molar-refractivity contribution in [3.05, 3.63) is 94.5 Å². The summed E-state index contributed by atoms with van der Waals surface area (Å²) in [6.07, 6.45) is 1.39. The zero-order chi connectivity index (χ0) is 26.8. The van der Waals surface area contributed by atoms with Crippen LogP contribution in [0.15, 0.2) is 71.8 Å². The number of nitrogens with one attached hydrogen (secondary N) is 3. The van der Waals surface area contributed by atoms with E-state index in [1.54, 1.807) is 24.3 Å². The van der Waals surface area contributed by atoms with Gasteiger partial charge in [-0.05, 0) is 59.7 Å². The average molecular weight is 501 g/mol. The third kappa shape index (κ3) is 8.31. The van der Waals surface area contributed by atoms with Crippen LogP contribution >= 0.6 is 0 Å². The molecule has 3 aromatic rings. The van der Waals surface area contributed by atoms with Crippen LogP contribution in [0.2, 0.25) is 0 Å². The zero-order valence-corrected chi connectivity index (χ0v) is 21.5. The molecule has 0 aromatic heterocycles. The molecule has 0 radical (unpaired) electrons. The van der Waals surface area contributed by atoms with Gasteiger partial charge in [0.15, 0.2) is 6.61 Å². The summed E-state index contributed by atoms with van der Waals surface area (Å²) in [7, 11) is 0. The molecule has 0 atom stereocenters. The standard InChI is InChI=1S/C29H32N4O4/c1-19(2)24-13-11-22(12-14-24)16-30-28(35)29(36)33-31-17-23-9-6-10-25(15-23)37-18-26(34)32-27-20(3)7-5-8-21(27)4/h5-15,17,19H,16,18H2,1-4H3,(H,30,35)(H,32,34)(H,33,36)/b31-17-. The zero-order valence-electron chi connectivity index (χ0n) is 21.5. The fraction of sp³-hybridized carbons (Fsp3) is 0.241. The second kappa shape index (κ2) is 13.0. The number of ether oxygens (including phenoxy) is 1. The Morgan fingerprint density at radius 2 is 1.59 bits per heavy atom. The van der Waals surface area contributed by atoms with E-state index in [9.17, 15) is 14.4 Å². The summed E-state index contributed by atoms with van der Waals surface area (Å²) in [6, 6.07) is 20.5. The number of rotatable bonds is 9. The van der Waals surface area contributed by atoms with E-state index in [0.717, 1.165) is 22.4 Å². The monoisotopic (exact) mass is 500 g/mol. The summed E-state index contributed by atoms with van der Waals surface area (Å²) in [4.78, 5) is 36.4. The summed E-state index contributed by atoms with van der Waals surface area (Å²) in [5.41, 5.74) is 7.67. The molecule has 0 fully saturated rings. The molecule has 3 rings (SSSR count). The normalized spacial score (nSPS) is 10.8. The van der Waals surface area contributed by atoms with E-state index in [4.69, 9.17) is 4.74 Å². The summed E-state index contributed by atoms with van der Waals surface area (Å²) in [5, 5.41) is 9.29. The molecule has 0 spiro atoms. The third-order valence-corrected chi connectivity index (χ3v) is 5.66. The highest BCUT2D eigenvalue weighted by molar-refractivity contribution is 6.35. The topological polar surface area (TPSA) is 109 Å². The molecular formula is C29H32N4O4. The van der Waals surface area contributed by atoms with E-state index in [1.807, 2.05) is 56.3 Å². The van der Waals surface area contributed by atoms with Crippen LogP contribution < -0.4 is 20.8 Å². The highest BCUT2D eigenvalue weighted by atomic mass is 16.5. The number of amides is 3. The quantitative estimate of drug-likeness (QED) is 0.232. The van der Waals surface area contributed by atoms with E-state index in [-0.39, 0.29) is 19.1 Å². The van der Waals surface area contributed by atoms with Crippen molar-refractivity contribution in [3.63, 3.8) is 0 Å². The summed E-state index contributed by atoms with van der Waals surface area (Å²) in [5.74, 6) is -1.03. The van der Waals surface area contributed by atoms with Gasteiger partial charge in [0, 0.05) is 12.2 Å². The Hall–Kier alpha value is -4.46. The Kier molecular flexibility index (Phi) is 9.55. The lowest BCUT2D eigenvalue weighted by Gasteiger charge is -2.12. The van der Waals surface area contributed by atoms with Crippen molar-refractivity contribution in [1.29, 1.82) is 0 Å². The van der Waals surface area contributed by atoms with Crippen molar-refractivity contribution < 1.29 is 19.1 Å². The first-order valence-electron chi connectivity index (χ1n) is 12.0. The SMILES string of the molecule is Cc1cccc(C)c1NC(=O)COc1cccc(/C=N\NC(=O)C(=O)NCc2ccc(C(C)C)cc2)c1. The smallest absolute Gasteiger partial charge is 0.329 e. The van der Waals surface area contributed by atoms with Gasteiger partial charge in [-0.25, -0.2) is 5.43 Å². The lowest BCUT2D eigenvalue weighted by atomic mass is 10.0. The molecule has 0 saturated heterocycles. The van der Waals surface area contributed by atoms with Crippen LogP contribution in [0.1, 0.15) is 47.6 Å². The van der Waals surface area contributed by atoms with Gasteiger partial charge in [-0.1, -0.05) is 68.4 Å². The minimum atomic E-state index is -0.870. The molecule has 3 aromatic carbocycles. The number of para-hydroxylation sites is 1. The Labute approximate surface area is 217 Å². The first kappa shape index (κ1) is 27.1. The fourth-order valence-electron chi connectivity index (χ4n) is 3.52. The minimum Gasteiger partial charge on any atom is -0.484 e. The van der Waals surface area contributed by atoms with Gasteiger partial charge >= 0.3 is 11.8 Å². The van der Waals surface area contributed by atoms with Gasteiger partial charge in [0.2, 0.25) is 0 Å². The van der Waals surface area contributed by atoms with Gasteiger partial charge in [-0.15, -0.1) is 0 Å². The van der Waals surface area contributed by atoms with Crippen LogP contribution in [0.4, 0.5) is 5.69 Å². The fourth-order valence-corrected chi connectivity index (χ4v) is 3.52. The van der Waals surface area contributed by atoms with E-state index < -0.39 is 11.8 Å². The molecule has 8 nitrogen and oxygen atoms in total. The molecule has 0 unspecified atom stereocenters. The lowest BCUT2D eigenvalue weighted by Crippen LogP contribution is -2.37. The number of nitrogens with zero attached hydrogens (tertiary/aromatic N) is 1. The number of hydrogen-bond acceptors (Lipinski definition) is 5. The minimum absolute atomic E-state index is 0.161. The Balaban J connectivity index is 1.45. The Bertz CT molecular complexity index is 1260. The molecule has 0 bridgehead atoms. The number of hydrogen-bond donors (Lipinski definition) is 3. The molecule has 3 N–H and O–H groups in total. The molecule has 192 valence electrons. The van der Waals surface area contributed by atoms with Crippen molar-refractivity contribution in [3.8, 4) is 5.75 Å². The average Bonchev–Trinajstić information content (AvgIpc) is 2.88. The van der Waals surface area contributed by atoms with Gasteiger partial charge in [0.25, 0.3) is 5.91 Å². The van der Waals surface area contributed by atoms with Crippen LogP contribution in [0.25, 0.3) is 0 Å². The molecule has 0 aliphatic carbocycles. The molecule has 8 heteroatoms. The second-order valence-electron chi connectivity index (χ2n) is 8.95. The Morgan fingerprint density at radius 3 is 2.27 bits per heavy atom. The number of hydrazone groups is 1. The molecule has 37 heavy (non-hydrogen) atoms. The van der Waals surface area contributed by atoms with Crippen molar-refractivity contribution in [2.45, 2.75) is 40.2 Å². The first-order valence-corrected chi connectivity index (χ1v) is 12.0. The van der Waals surface area contributed by atoms with Gasteiger partial charge < -0.3 is 15.4 Å². The van der Waals surface area contributed by atoms with E-state index in [0.29, 0.717) is 17.2 Å². The van der Waals surface area contributed by atoms with Crippen LogP contribution in [-0.4, -0.2) is 30.5 Å². The van der Waals surface area contributed by atoms with E-state index in [1.165, 1.54) is 11.8 Å². The predicted molar refractivity (Wildman–Crippen MR) is 145 cm³/mol. The Morgan fingerprint density at radius 1 is 0.919 bits per heavy atom. The number of carbonyl (C=O) groups is 3. The number of benzene rings is 3. The van der Waals surface area contributed by atoms with Crippen LogP contribution in [0.3, 0.4) is 0 Å². The molecule has 0 heterocycles. The maximum atomic E-state index is 12.3. The summed E-state index contributed by atoms with van der Waals surface area (Å²) >= 11 is 0. The highest BCUT2D eigenvalue weighted by Crippen LogP contribution is 2.19. The molecule has 3 amide bonds. The number of carbonyl (C=O) groups excluding carboxylic acids is 3. The molecule has 0 aliphatic heterocycles. The van der Waals surface area contributed by atoms with Crippen molar-refractivity contribution in [1.82, 2.24) is 10.7 Å². The van der Waals surface area contributed by atoms with Crippen molar-refractivity contribution in [2.24, 2.45) is 5.10 Å².